The van der Waals surface area contributed by atoms with E-state index in [1.807, 2.05) is 6.92 Å². The molecule has 2 aromatic rings. The topological polar surface area (TPSA) is 128 Å². The van der Waals surface area contributed by atoms with Gasteiger partial charge in [0.1, 0.15) is 5.75 Å². The van der Waals surface area contributed by atoms with Crippen molar-refractivity contribution in [2.24, 2.45) is 5.73 Å². The van der Waals surface area contributed by atoms with Crippen molar-refractivity contribution in [3.05, 3.63) is 41.2 Å². The van der Waals surface area contributed by atoms with Crippen LogP contribution in [0.3, 0.4) is 0 Å². The SMILES string of the molecule is COc1ccc(S(=O)(=O)NCc2cc(C)nc(N3CCCCC3)n2)cc1C(N)=O. The molecule has 1 aliphatic heterocycles. The number of aryl methyl sites for hydroxylation is 1. The van der Waals surface area contributed by atoms with Gasteiger partial charge in [-0.3, -0.25) is 4.79 Å². The molecule has 0 radical (unpaired) electrons. The molecule has 1 aliphatic rings. The molecule has 3 N–H and O–H groups in total. The summed E-state index contributed by atoms with van der Waals surface area (Å²) in [6.07, 6.45) is 3.39. The standard InChI is InChI=1S/C19H25N5O4S/c1-13-10-14(23-19(22-13)24-8-4-3-5-9-24)12-21-29(26,27)15-6-7-17(28-2)16(11-15)18(20)25/h6-7,10-11,21H,3-5,8-9,12H2,1-2H3,(H2,20,25). The van der Waals surface area contributed by atoms with Gasteiger partial charge in [0, 0.05) is 18.8 Å². The van der Waals surface area contributed by atoms with Gasteiger partial charge in [-0.25, -0.2) is 23.1 Å². The van der Waals surface area contributed by atoms with E-state index in [2.05, 4.69) is 19.6 Å². The van der Waals surface area contributed by atoms with Crippen LogP contribution in [0.4, 0.5) is 5.95 Å². The number of amides is 1. The second-order valence-electron chi connectivity index (χ2n) is 6.90. The van der Waals surface area contributed by atoms with Crippen LogP contribution in [0.25, 0.3) is 0 Å². The molecule has 1 saturated heterocycles. The average molecular weight is 420 g/mol. The van der Waals surface area contributed by atoms with Gasteiger partial charge in [0.15, 0.2) is 0 Å². The van der Waals surface area contributed by atoms with Crippen molar-refractivity contribution < 1.29 is 17.9 Å². The van der Waals surface area contributed by atoms with Crippen LogP contribution < -0.4 is 20.1 Å². The number of primary amides is 1. The minimum absolute atomic E-state index is 0.000593. The highest BCUT2D eigenvalue weighted by Crippen LogP contribution is 2.22. The minimum Gasteiger partial charge on any atom is -0.496 e. The highest BCUT2D eigenvalue weighted by atomic mass is 32.2. The Morgan fingerprint density at radius 3 is 2.59 bits per heavy atom. The highest BCUT2D eigenvalue weighted by Gasteiger charge is 2.20. The fourth-order valence-electron chi connectivity index (χ4n) is 3.24. The maximum Gasteiger partial charge on any atom is 0.252 e. The molecule has 29 heavy (non-hydrogen) atoms. The van der Waals surface area contributed by atoms with Crippen molar-refractivity contribution in [3.63, 3.8) is 0 Å². The predicted octanol–water partition coefficient (Wildman–Crippen LogP) is 1.36. The molecule has 0 spiro atoms. The number of methoxy groups -OCH3 is 1. The van der Waals surface area contributed by atoms with Crippen molar-refractivity contribution in [2.45, 2.75) is 37.6 Å². The Balaban J connectivity index is 1.79. The van der Waals surface area contributed by atoms with Gasteiger partial charge in [0.25, 0.3) is 5.91 Å². The number of hydrogen-bond acceptors (Lipinski definition) is 7. The molecule has 1 aromatic carbocycles. The number of rotatable bonds is 7. The van der Waals surface area contributed by atoms with Crippen molar-refractivity contribution >= 4 is 21.9 Å². The summed E-state index contributed by atoms with van der Waals surface area (Å²) in [5.41, 5.74) is 6.66. The van der Waals surface area contributed by atoms with E-state index in [0.29, 0.717) is 11.6 Å². The van der Waals surface area contributed by atoms with Crippen LogP contribution in [0.1, 0.15) is 41.0 Å². The molecule has 156 valence electrons. The van der Waals surface area contributed by atoms with E-state index >= 15 is 0 Å². The van der Waals surface area contributed by atoms with Crippen LogP contribution in [-0.4, -0.2) is 44.5 Å². The molecule has 3 rings (SSSR count). The minimum atomic E-state index is -3.88. The number of nitrogens with zero attached hydrogens (tertiary/aromatic N) is 3. The summed E-state index contributed by atoms with van der Waals surface area (Å²) in [7, 11) is -2.50. The molecule has 0 aliphatic carbocycles. The Labute approximate surface area is 170 Å². The molecule has 0 saturated carbocycles. The van der Waals surface area contributed by atoms with Crippen molar-refractivity contribution in [1.82, 2.24) is 14.7 Å². The van der Waals surface area contributed by atoms with Gasteiger partial charge in [-0.1, -0.05) is 0 Å². The van der Waals surface area contributed by atoms with Crippen LogP contribution in [0.2, 0.25) is 0 Å². The van der Waals surface area contributed by atoms with Gasteiger partial charge < -0.3 is 15.4 Å². The van der Waals surface area contributed by atoms with Crippen molar-refractivity contribution in [2.75, 3.05) is 25.1 Å². The number of benzene rings is 1. The average Bonchev–Trinajstić information content (AvgIpc) is 2.72. The number of hydrogen-bond donors (Lipinski definition) is 2. The largest absolute Gasteiger partial charge is 0.496 e. The quantitative estimate of drug-likeness (QED) is 0.693. The number of ether oxygens (including phenoxy) is 1. The zero-order chi connectivity index (χ0) is 21.0. The molecule has 0 unspecified atom stereocenters. The number of sulfonamides is 1. The molecular formula is C19H25N5O4S. The number of anilines is 1. The van der Waals surface area contributed by atoms with E-state index in [9.17, 15) is 13.2 Å². The van der Waals surface area contributed by atoms with Crippen LogP contribution >= 0.6 is 0 Å². The molecule has 1 amide bonds. The second kappa shape index (κ2) is 8.75. The summed E-state index contributed by atoms with van der Waals surface area (Å²) in [4.78, 5) is 22.6. The van der Waals surface area contributed by atoms with E-state index in [4.69, 9.17) is 10.5 Å². The first-order valence-corrected chi connectivity index (χ1v) is 10.9. The lowest BCUT2D eigenvalue weighted by molar-refractivity contribution is 0.0997. The van der Waals surface area contributed by atoms with E-state index < -0.39 is 15.9 Å². The van der Waals surface area contributed by atoms with Gasteiger partial charge >= 0.3 is 0 Å². The number of piperidine rings is 1. The predicted molar refractivity (Wildman–Crippen MR) is 108 cm³/mol. The lowest BCUT2D eigenvalue weighted by Crippen LogP contribution is -2.32. The third-order valence-electron chi connectivity index (χ3n) is 4.72. The Hall–Kier alpha value is -2.72. The number of aromatic nitrogens is 2. The molecule has 0 bridgehead atoms. The monoisotopic (exact) mass is 419 g/mol. The number of nitrogens with two attached hydrogens (primary N) is 1. The summed E-state index contributed by atoms with van der Waals surface area (Å²) < 4.78 is 33.0. The van der Waals surface area contributed by atoms with E-state index in [1.54, 1.807) is 6.07 Å². The van der Waals surface area contributed by atoms with Gasteiger partial charge in [-0.15, -0.1) is 0 Å². The van der Waals surface area contributed by atoms with Gasteiger partial charge in [0.05, 0.1) is 29.8 Å². The number of nitrogens with one attached hydrogen (secondary N) is 1. The van der Waals surface area contributed by atoms with Crippen molar-refractivity contribution in [3.8, 4) is 5.75 Å². The third kappa shape index (κ3) is 5.01. The lowest BCUT2D eigenvalue weighted by Gasteiger charge is -2.27. The van der Waals surface area contributed by atoms with Crippen LogP contribution in [0.5, 0.6) is 5.75 Å². The molecule has 1 aromatic heterocycles. The zero-order valence-electron chi connectivity index (χ0n) is 16.5. The molecule has 10 heteroatoms. The fraction of sp³-hybridized carbons (Fsp3) is 0.421. The Morgan fingerprint density at radius 1 is 1.21 bits per heavy atom. The fourth-order valence-corrected chi connectivity index (χ4v) is 4.27. The Morgan fingerprint density at radius 2 is 1.93 bits per heavy atom. The first-order valence-electron chi connectivity index (χ1n) is 9.37. The maximum atomic E-state index is 12.7. The molecule has 9 nitrogen and oxygen atoms in total. The van der Waals surface area contributed by atoms with Crippen LogP contribution in [0.15, 0.2) is 29.2 Å². The Bertz CT molecular complexity index is 1000. The third-order valence-corrected chi connectivity index (χ3v) is 6.12. The summed E-state index contributed by atoms with van der Waals surface area (Å²) in [6, 6.07) is 5.71. The van der Waals surface area contributed by atoms with E-state index in [-0.39, 0.29) is 22.8 Å². The Kier molecular flexibility index (Phi) is 6.33. The summed E-state index contributed by atoms with van der Waals surface area (Å²) in [5, 5.41) is 0. The molecule has 2 heterocycles. The second-order valence-corrected chi connectivity index (χ2v) is 8.67. The van der Waals surface area contributed by atoms with Crippen molar-refractivity contribution in [1.29, 1.82) is 0 Å². The lowest BCUT2D eigenvalue weighted by atomic mass is 10.1. The number of carbonyl (C=O) groups excluding carboxylic acids is 1. The summed E-state index contributed by atoms with van der Waals surface area (Å²) in [5.74, 6) is 0.0740. The van der Waals surface area contributed by atoms with Gasteiger partial charge in [-0.2, -0.15) is 0 Å². The highest BCUT2D eigenvalue weighted by molar-refractivity contribution is 7.89. The van der Waals surface area contributed by atoms with E-state index in [1.165, 1.54) is 31.7 Å². The molecule has 1 fully saturated rings. The van der Waals surface area contributed by atoms with E-state index in [0.717, 1.165) is 31.6 Å². The van der Waals surface area contributed by atoms with Gasteiger partial charge in [0.2, 0.25) is 16.0 Å². The first-order chi connectivity index (χ1) is 13.8. The molecule has 0 atom stereocenters. The smallest absolute Gasteiger partial charge is 0.252 e. The zero-order valence-corrected chi connectivity index (χ0v) is 17.3. The summed E-state index contributed by atoms with van der Waals surface area (Å²) >= 11 is 0. The normalized spacial score (nSPS) is 14.6. The van der Waals surface area contributed by atoms with Crippen LogP contribution in [-0.2, 0) is 16.6 Å². The maximum absolute atomic E-state index is 12.7. The van der Waals surface area contributed by atoms with Crippen LogP contribution in [0, 0.1) is 6.92 Å². The molecular weight excluding hydrogens is 394 g/mol. The summed E-state index contributed by atoms with van der Waals surface area (Å²) in [6.45, 7) is 3.66. The number of carbonyl (C=O) groups is 1. The van der Waals surface area contributed by atoms with Gasteiger partial charge in [-0.05, 0) is 50.5 Å². The first kappa shape index (κ1) is 21.0.